The van der Waals surface area contributed by atoms with Crippen molar-refractivity contribution in [2.75, 3.05) is 45.9 Å². The average molecular weight is 322 g/mol. The minimum Gasteiger partial charge on any atom is -0.379 e. The van der Waals surface area contributed by atoms with Crippen LogP contribution < -0.4 is 16.2 Å². The van der Waals surface area contributed by atoms with Gasteiger partial charge in [0.25, 0.3) is 0 Å². The van der Waals surface area contributed by atoms with Crippen molar-refractivity contribution < 1.29 is 9.13 Å². The number of nitrogens with zero attached hydrogens (tertiary/aromatic N) is 1. The zero-order valence-corrected chi connectivity index (χ0v) is 13.7. The fraction of sp³-hybridized carbons (Fsp3) is 0.647. The van der Waals surface area contributed by atoms with Gasteiger partial charge in [-0.1, -0.05) is 12.1 Å². The number of hydrogen-bond donors (Lipinski definition) is 3. The minimum absolute atomic E-state index is 0.186. The Morgan fingerprint density at radius 1 is 1.30 bits per heavy atom. The molecule has 3 unspecified atom stereocenters. The number of hydrazine groups is 1. The van der Waals surface area contributed by atoms with Crippen LogP contribution in [0.1, 0.15) is 18.5 Å². The van der Waals surface area contributed by atoms with E-state index in [-0.39, 0.29) is 11.9 Å². The van der Waals surface area contributed by atoms with Crippen LogP contribution in [0.25, 0.3) is 0 Å². The van der Waals surface area contributed by atoms with Crippen LogP contribution in [0.5, 0.6) is 0 Å². The Labute approximate surface area is 137 Å². The zero-order valence-electron chi connectivity index (χ0n) is 13.7. The molecule has 3 rings (SSSR count). The second-order valence-corrected chi connectivity index (χ2v) is 6.47. The maximum atomic E-state index is 13.1. The first-order chi connectivity index (χ1) is 11.2. The van der Waals surface area contributed by atoms with E-state index in [2.05, 4.69) is 28.0 Å². The number of rotatable bonds is 6. The Kier molecular flexibility index (Phi) is 5.96. The van der Waals surface area contributed by atoms with E-state index < -0.39 is 0 Å². The fourth-order valence-corrected chi connectivity index (χ4v) is 3.38. The topological polar surface area (TPSA) is 48.6 Å². The standard InChI is InChI=1S/C17H27FN4O/c1-13(22-6-8-23-9-7-22)10-19-11-15-12-20-21-17(15)14-2-4-16(18)5-3-14/h2-5,13,15,17,19-21H,6-12H2,1H3. The summed E-state index contributed by atoms with van der Waals surface area (Å²) in [6.07, 6.45) is 0. The smallest absolute Gasteiger partial charge is 0.123 e. The summed E-state index contributed by atoms with van der Waals surface area (Å²) in [5.41, 5.74) is 7.66. The molecular formula is C17H27FN4O. The van der Waals surface area contributed by atoms with Crippen LogP contribution >= 0.6 is 0 Å². The number of hydrogen-bond acceptors (Lipinski definition) is 5. The lowest BCUT2D eigenvalue weighted by Crippen LogP contribution is -2.47. The van der Waals surface area contributed by atoms with Crippen LogP contribution in [0.4, 0.5) is 4.39 Å². The summed E-state index contributed by atoms with van der Waals surface area (Å²) in [4.78, 5) is 2.47. The quantitative estimate of drug-likeness (QED) is 0.727. The molecule has 2 saturated heterocycles. The van der Waals surface area contributed by atoms with Gasteiger partial charge in [0.1, 0.15) is 5.82 Å². The molecule has 0 aliphatic carbocycles. The highest BCUT2D eigenvalue weighted by atomic mass is 19.1. The van der Waals surface area contributed by atoms with Gasteiger partial charge in [0, 0.05) is 44.7 Å². The van der Waals surface area contributed by atoms with Crippen LogP contribution in [0.15, 0.2) is 24.3 Å². The maximum absolute atomic E-state index is 13.1. The summed E-state index contributed by atoms with van der Waals surface area (Å²) in [6, 6.07) is 7.53. The first-order valence-corrected chi connectivity index (χ1v) is 8.50. The van der Waals surface area contributed by atoms with Crippen molar-refractivity contribution in [3.8, 4) is 0 Å². The molecule has 0 bridgehead atoms. The normalized spacial score (nSPS) is 27.2. The summed E-state index contributed by atoms with van der Waals surface area (Å²) in [6.45, 7) is 8.83. The Morgan fingerprint density at radius 2 is 2.04 bits per heavy atom. The van der Waals surface area contributed by atoms with E-state index >= 15 is 0 Å². The van der Waals surface area contributed by atoms with Crippen LogP contribution in [-0.4, -0.2) is 56.9 Å². The highest BCUT2D eigenvalue weighted by Crippen LogP contribution is 2.24. The van der Waals surface area contributed by atoms with Gasteiger partial charge in [0.05, 0.1) is 19.3 Å². The predicted molar refractivity (Wildman–Crippen MR) is 88.5 cm³/mol. The van der Waals surface area contributed by atoms with E-state index in [0.29, 0.717) is 12.0 Å². The zero-order chi connectivity index (χ0) is 16.1. The van der Waals surface area contributed by atoms with Crippen molar-refractivity contribution in [2.24, 2.45) is 5.92 Å². The second-order valence-electron chi connectivity index (χ2n) is 6.47. The molecule has 6 heteroatoms. The van der Waals surface area contributed by atoms with Crippen molar-refractivity contribution in [2.45, 2.75) is 19.0 Å². The number of benzene rings is 1. The molecule has 128 valence electrons. The van der Waals surface area contributed by atoms with Crippen molar-refractivity contribution in [3.05, 3.63) is 35.6 Å². The van der Waals surface area contributed by atoms with E-state index in [1.54, 1.807) is 0 Å². The lowest BCUT2D eigenvalue weighted by Gasteiger charge is -2.32. The monoisotopic (exact) mass is 322 g/mol. The van der Waals surface area contributed by atoms with E-state index in [4.69, 9.17) is 4.74 Å². The van der Waals surface area contributed by atoms with Gasteiger partial charge in [-0.25, -0.2) is 9.82 Å². The second kappa shape index (κ2) is 8.17. The van der Waals surface area contributed by atoms with Crippen LogP contribution in [-0.2, 0) is 4.74 Å². The number of morpholine rings is 1. The molecule has 5 nitrogen and oxygen atoms in total. The highest BCUT2D eigenvalue weighted by molar-refractivity contribution is 5.21. The van der Waals surface area contributed by atoms with E-state index in [1.165, 1.54) is 12.1 Å². The Balaban J connectivity index is 1.46. The third-order valence-corrected chi connectivity index (χ3v) is 4.84. The number of ether oxygens (including phenoxy) is 1. The summed E-state index contributed by atoms with van der Waals surface area (Å²) < 4.78 is 18.5. The first kappa shape index (κ1) is 16.8. The summed E-state index contributed by atoms with van der Waals surface area (Å²) in [5, 5.41) is 3.60. The SMILES string of the molecule is CC(CNCC1CNNC1c1ccc(F)cc1)N1CCOCC1. The van der Waals surface area contributed by atoms with E-state index in [9.17, 15) is 4.39 Å². The van der Waals surface area contributed by atoms with Gasteiger partial charge in [-0.3, -0.25) is 10.3 Å². The van der Waals surface area contributed by atoms with Crippen molar-refractivity contribution >= 4 is 0 Å². The summed E-state index contributed by atoms with van der Waals surface area (Å²) >= 11 is 0. The maximum Gasteiger partial charge on any atom is 0.123 e. The predicted octanol–water partition coefficient (Wildman–Crippen LogP) is 0.901. The third-order valence-electron chi connectivity index (χ3n) is 4.84. The molecule has 3 N–H and O–H groups in total. The minimum atomic E-state index is -0.186. The van der Waals surface area contributed by atoms with Crippen LogP contribution in [0.3, 0.4) is 0 Å². The lowest BCUT2D eigenvalue weighted by atomic mass is 9.95. The first-order valence-electron chi connectivity index (χ1n) is 8.50. The molecule has 2 heterocycles. The molecule has 1 aromatic carbocycles. The molecule has 0 aromatic heterocycles. The van der Waals surface area contributed by atoms with Crippen molar-refractivity contribution in [3.63, 3.8) is 0 Å². The van der Waals surface area contributed by atoms with Crippen LogP contribution in [0, 0.1) is 11.7 Å². The molecule has 3 atom stereocenters. The van der Waals surface area contributed by atoms with Gasteiger partial charge in [0.15, 0.2) is 0 Å². The Morgan fingerprint density at radius 3 is 2.78 bits per heavy atom. The van der Waals surface area contributed by atoms with E-state index in [0.717, 1.165) is 51.5 Å². The Hall–Kier alpha value is -1.05. The summed E-state index contributed by atoms with van der Waals surface area (Å²) in [7, 11) is 0. The molecule has 0 amide bonds. The fourth-order valence-electron chi connectivity index (χ4n) is 3.38. The number of nitrogens with one attached hydrogen (secondary N) is 3. The van der Waals surface area contributed by atoms with Gasteiger partial charge in [-0.2, -0.15) is 0 Å². The van der Waals surface area contributed by atoms with Gasteiger partial charge >= 0.3 is 0 Å². The van der Waals surface area contributed by atoms with Crippen molar-refractivity contribution in [1.82, 2.24) is 21.1 Å². The molecule has 23 heavy (non-hydrogen) atoms. The van der Waals surface area contributed by atoms with Gasteiger partial charge in [-0.05, 0) is 24.6 Å². The van der Waals surface area contributed by atoms with Crippen LogP contribution in [0.2, 0.25) is 0 Å². The molecule has 0 radical (unpaired) electrons. The highest BCUT2D eigenvalue weighted by Gasteiger charge is 2.28. The molecule has 2 fully saturated rings. The van der Waals surface area contributed by atoms with Crippen molar-refractivity contribution in [1.29, 1.82) is 0 Å². The largest absolute Gasteiger partial charge is 0.379 e. The summed E-state index contributed by atoms with van der Waals surface area (Å²) in [5.74, 6) is 0.270. The molecule has 2 aliphatic heterocycles. The lowest BCUT2D eigenvalue weighted by molar-refractivity contribution is 0.0202. The van der Waals surface area contributed by atoms with E-state index in [1.807, 2.05) is 12.1 Å². The molecule has 1 aromatic rings. The molecule has 2 aliphatic rings. The molecule has 0 saturated carbocycles. The van der Waals surface area contributed by atoms with Gasteiger partial charge < -0.3 is 10.1 Å². The Bertz CT molecular complexity index is 478. The third kappa shape index (κ3) is 4.49. The molecule has 0 spiro atoms. The molecular weight excluding hydrogens is 295 g/mol. The average Bonchev–Trinajstić information content (AvgIpc) is 3.05. The number of halogens is 1. The van der Waals surface area contributed by atoms with Gasteiger partial charge in [-0.15, -0.1) is 0 Å². The van der Waals surface area contributed by atoms with Gasteiger partial charge in [0.2, 0.25) is 0 Å².